The fraction of sp³-hybridized carbons (Fsp3) is 0.429. The van der Waals surface area contributed by atoms with E-state index in [1.165, 1.54) is 0 Å². The van der Waals surface area contributed by atoms with Crippen molar-refractivity contribution in [2.24, 2.45) is 0 Å². The van der Waals surface area contributed by atoms with Gasteiger partial charge in [0.15, 0.2) is 5.65 Å². The second-order valence-corrected chi connectivity index (χ2v) is 7.06. The van der Waals surface area contributed by atoms with E-state index in [-0.39, 0.29) is 0 Å². The highest BCUT2D eigenvalue weighted by molar-refractivity contribution is 5.84. The molecule has 0 atom stereocenters. The van der Waals surface area contributed by atoms with Crippen LogP contribution in [-0.4, -0.2) is 66.0 Å². The molecule has 0 radical (unpaired) electrons. The molecule has 1 aromatic carbocycles. The van der Waals surface area contributed by atoms with Crippen molar-refractivity contribution in [3.05, 3.63) is 41.7 Å². The van der Waals surface area contributed by atoms with Crippen LogP contribution in [0.15, 0.2) is 30.3 Å². The second kappa shape index (κ2) is 8.16. The molecule has 0 bridgehead atoms. The van der Waals surface area contributed by atoms with Crippen LogP contribution < -0.4 is 10.1 Å². The van der Waals surface area contributed by atoms with E-state index in [9.17, 15) is 0 Å². The van der Waals surface area contributed by atoms with Crippen LogP contribution in [0.4, 0.5) is 5.82 Å². The van der Waals surface area contributed by atoms with Gasteiger partial charge < -0.3 is 14.8 Å². The van der Waals surface area contributed by atoms with Gasteiger partial charge in [0.25, 0.3) is 0 Å². The van der Waals surface area contributed by atoms with Crippen LogP contribution >= 0.6 is 0 Å². The molecule has 1 fully saturated rings. The van der Waals surface area contributed by atoms with Crippen molar-refractivity contribution in [1.82, 2.24) is 19.5 Å². The van der Waals surface area contributed by atoms with Gasteiger partial charge in [0, 0.05) is 43.5 Å². The summed E-state index contributed by atoms with van der Waals surface area (Å²) in [5, 5.41) is 8.32. The predicted molar refractivity (Wildman–Crippen MR) is 110 cm³/mol. The number of hydrogen-bond donors (Lipinski definition) is 1. The molecule has 0 unspecified atom stereocenters. The molecule has 7 nitrogen and oxygen atoms in total. The zero-order valence-electron chi connectivity index (χ0n) is 16.7. The average Bonchev–Trinajstić information content (AvgIpc) is 3.04. The van der Waals surface area contributed by atoms with Gasteiger partial charge in [-0.1, -0.05) is 18.2 Å². The molecular weight excluding hydrogens is 354 g/mol. The summed E-state index contributed by atoms with van der Waals surface area (Å²) in [5.74, 6) is 1.78. The first-order chi connectivity index (χ1) is 13.7. The van der Waals surface area contributed by atoms with Gasteiger partial charge >= 0.3 is 0 Å². The monoisotopic (exact) mass is 381 g/mol. The van der Waals surface area contributed by atoms with Gasteiger partial charge in [0.2, 0.25) is 0 Å². The molecule has 7 heteroatoms. The number of methoxy groups -OCH3 is 1. The Morgan fingerprint density at radius 1 is 1.18 bits per heavy atom. The van der Waals surface area contributed by atoms with E-state index >= 15 is 0 Å². The van der Waals surface area contributed by atoms with Gasteiger partial charge in [-0.2, -0.15) is 9.61 Å². The number of anilines is 1. The number of nitrogens with zero attached hydrogens (tertiary/aromatic N) is 4. The normalized spacial score (nSPS) is 15.1. The van der Waals surface area contributed by atoms with Gasteiger partial charge in [-0.3, -0.25) is 4.90 Å². The number of nitrogens with one attached hydrogen (secondary N) is 1. The second-order valence-electron chi connectivity index (χ2n) is 7.06. The molecule has 3 aromatic rings. The SMILES string of the molecule is COc1ccccc1-c1c(C)nn2c(NCCN3CCOCC3)cc(C)nc12. The molecule has 0 spiro atoms. The van der Waals surface area contributed by atoms with E-state index in [0.717, 1.165) is 79.1 Å². The van der Waals surface area contributed by atoms with Crippen molar-refractivity contribution >= 4 is 11.5 Å². The summed E-state index contributed by atoms with van der Waals surface area (Å²) in [4.78, 5) is 7.20. The number of benzene rings is 1. The summed E-state index contributed by atoms with van der Waals surface area (Å²) in [5.41, 5.74) is 4.75. The summed E-state index contributed by atoms with van der Waals surface area (Å²) in [6, 6.07) is 10.1. The van der Waals surface area contributed by atoms with E-state index in [1.807, 2.05) is 42.6 Å². The molecule has 4 rings (SSSR count). The first-order valence-corrected chi connectivity index (χ1v) is 9.71. The Bertz CT molecular complexity index is 963. The molecule has 1 N–H and O–H groups in total. The predicted octanol–water partition coefficient (Wildman–Crippen LogP) is 2.77. The van der Waals surface area contributed by atoms with Gasteiger partial charge in [0.1, 0.15) is 11.6 Å². The van der Waals surface area contributed by atoms with Crippen molar-refractivity contribution in [2.45, 2.75) is 13.8 Å². The number of aromatic nitrogens is 3. The third-order valence-electron chi connectivity index (χ3n) is 5.11. The standard InChI is InChI=1S/C21H27N5O2/c1-15-14-19(22-8-9-25-10-12-28-13-11-25)26-21(23-15)20(16(2)24-26)17-6-4-5-7-18(17)27-3/h4-7,14,22H,8-13H2,1-3H3. The number of ether oxygens (including phenoxy) is 2. The van der Waals surface area contributed by atoms with Crippen LogP contribution in [-0.2, 0) is 4.74 Å². The Hall–Kier alpha value is -2.64. The minimum Gasteiger partial charge on any atom is -0.496 e. The minimum atomic E-state index is 0.819. The minimum absolute atomic E-state index is 0.819. The molecule has 0 saturated carbocycles. The van der Waals surface area contributed by atoms with Crippen LogP contribution in [0.25, 0.3) is 16.8 Å². The van der Waals surface area contributed by atoms with Crippen LogP contribution in [0.1, 0.15) is 11.4 Å². The van der Waals surface area contributed by atoms with Gasteiger partial charge in [-0.15, -0.1) is 0 Å². The van der Waals surface area contributed by atoms with Crippen molar-refractivity contribution in [3.63, 3.8) is 0 Å². The molecule has 148 valence electrons. The molecule has 3 heterocycles. The smallest absolute Gasteiger partial charge is 0.165 e. The van der Waals surface area contributed by atoms with Gasteiger partial charge in [0.05, 0.1) is 31.6 Å². The van der Waals surface area contributed by atoms with Crippen LogP contribution in [0.3, 0.4) is 0 Å². The zero-order chi connectivity index (χ0) is 19.5. The first-order valence-electron chi connectivity index (χ1n) is 9.71. The van der Waals surface area contributed by atoms with E-state index in [2.05, 4.69) is 16.3 Å². The number of morpholine rings is 1. The highest BCUT2D eigenvalue weighted by Crippen LogP contribution is 2.35. The lowest BCUT2D eigenvalue weighted by Gasteiger charge is -2.26. The van der Waals surface area contributed by atoms with Crippen molar-refractivity contribution in [3.8, 4) is 16.9 Å². The summed E-state index contributed by atoms with van der Waals surface area (Å²) < 4.78 is 12.9. The molecule has 1 aliphatic heterocycles. The molecule has 0 amide bonds. The maximum Gasteiger partial charge on any atom is 0.165 e. The van der Waals surface area contributed by atoms with E-state index < -0.39 is 0 Å². The van der Waals surface area contributed by atoms with Crippen molar-refractivity contribution in [1.29, 1.82) is 0 Å². The van der Waals surface area contributed by atoms with Gasteiger partial charge in [-0.05, 0) is 19.9 Å². The molecule has 1 saturated heterocycles. The number of hydrogen-bond acceptors (Lipinski definition) is 6. The maximum atomic E-state index is 5.57. The lowest BCUT2D eigenvalue weighted by atomic mass is 10.1. The molecule has 0 aliphatic carbocycles. The summed E-state index contributed by atoms with van der Waals surface area (Å²) in [7, 11) is 1.69. The first kappa shape index (κ1) is 18.7. The highest BCUT2D eigenvalue weighted by Gasteiger charge is 2.19. The average molecular weight is 381 g/mol. The van der Waals surface area contributed by atoms with Crippen LogP contribution in [0, 0.1) is 13.8 Å². The number of fused-ring (bicyclic) bond motifs is 1. The lowest BCUT2D eigenvalue weighted by molar-refractivity contribution is 0.0398. The van der Waals surface area contributed by atoms with E-state index in [1.54, 1.807) is 7.11 Å². The lowest BCUT2D eigenvalue weighted by Crippen LogP contribution is -2.39. The molecule has 28 heavy (non-hydrogen) atoms. The Morgan fingerprint density at radius 3 is 2.75 bits per heavy atom. The maximum absolute atomic E-state index is 5.57. The number of rotatable bonds is 6. The highest BCUT2D eigenvalue weighted by atomic mass is 16.5. The molecular formula is C21H27N5O2. The van der Waals surface area contributed by atoms with Crippen LogP contribution in [0.2, 0.25) is 0 Å². The Balaban J connectivity index is 1.65. The van der Waals surface area contributed by atoms with Crippen molar-refractivity contribution < 1.29 is 9.47 Å². The van der Waals surface area contributed by atoms with Crippen LogP contribution in [0.5, 0.6) is 5.75 Å². The van der Waals surface area contributed by atoms with Crippen molar-refractivity contribution in [2.75, 3.05) is 51.8 Å². The quantitative estimate of drug-likeness (QED) is 0.708. The molecule has 1 aliphatic rings. The Kier molecular flexibility index (Phi) is 5.45. The Morgan fingerprint density at radius 2 is 1.96 bits per heavy atom. The fourth-order valence-corrected chi connectivity index (χ4v) is 3.70. The summed E-state index contributed by atoms with van der Waals surface area (Å²) in [6.07, 6.45) is 0. The molecule has 2 aromatic heterocycles. The Labute approximate surface area is 165 Å². The number of para-hydroxylation sites is 1. The fourth-order valence-electron chi connectivity index (χ4n) is 3.70. The largest absolute Gasteiger partial charge is 0.496 e. The zero-order valence-corrected chi connectivity index (χ0v) is 16.7. The van der Waals surface area contributed by atoms with Gasteiger partial charge in [-0.25, -0.2) is 4.98 Å². The third kappa shape index (κ3) is 3.68. The summed E-state index contributed by atoms with van der Waals surface area (Å²) in [6.45, 7) is 9.48. The number of aryl methyl sites for hydroxylation is 2. The van der Waals surface area contributed by atoms with E-state index in [0.29, 0.717) is 0 Å². The topological polar surface area (TPSA) is 63.9 Å². The summed E-state index contributed by atoms with van der Waals surface area (Å²) >= 11 is 0. The van der Waals surface area contributed by atoms with E-state index in [4.69, 9.17) is 19.6 Å². The third-order valence-corrected chi connectivity index (χ3v) is 5.11.